The molecule has 82 valence electrons. The third-order valence-corrected chi connectivity index (χ3v) is 2.27. The number of hydrogen-bond acceptors (Lipinski definition) is 3. The van der Waals surface area contributed by atoms with E-state index in [1.807, 2.05) is 0 Å². The maximum Gasteiger partial charge on any atom is 0.303 e. The van der Waals surface area contributed by atoms with E-state index >= 15 is 0 Å². The third-order valence-electron chi connectivity index (χ3n) is 1.88. The largest absolute Gasteiger partial charge is 0.481 e. The minimum Gasteiger partial charge on any atom is -0.481 e. The first kappa shape index (κ1) is 12.2. The zero-order valence-corrected chi connectivity index (χ0v) is 9.29. The molecular weight excluding hydrogens is 239 g/mol. The number of nitrogens with two attached hydrogens (primary N) is 1. The number of hydrogen-bond donors (Lipinski definition) is 2. The van der Waals surface area contributed by atoms with Crippen LogP contribution in [0.4, 0.5) is 0 Å². The Bertz CT molecular complexity index is 351. The minimum atomic E-state index is -0.878. The number of aromatic nitrogens is 1. The summed E-state index contributed by atoms with van der Waals surface area (Å²) >= 11 is 11.4. The summed E-state index contributed by atoms with van der Waals surface area (Å²) in [5.74, 6) is -0.878. The maximum atomic E-state index is 10.3. The molecule has 4 nitrogen and oxygen atoms in total. The van der Waals surface area contributed by atoms with Crippen molar-refractivity contribution in [3.05, 3.63) is 28.0 Å². The fourth-order valence-corrected chi connectivity index (χ4v) is 1.62. The van der Waals surface area contributed by atoms with Gasteiger partial charge in [-0.15, -0.1) is 0 Å². The van der Waals surface area contributed by atoms with Gasteiger partial charge in [-0.25, -0.2) is 4.98 Å². The molecule has 0 saturated carbocycles. The average molecular weight is 249 g/mol. The molecule has 1 heterocycles. The van der Waals surface area contributed by atoms with Crippen LogP contribution in [0.5, 0.6) is 0 Å². The molecule has 0 radical (unpaired) electrons. The molecule has 0 saturated heterocycles. The molecular formula is C9H10Cl2N2O2. The Labute approximate surface area is 97.0 Å². The van der Waals surface area contributed by atoms with Crippen LogP contribution in [0, 0.1) is 0 Å². The highest BCUT2D eigenvalue weighted by atomic mass is 35.5. The van der Waals surface area contributed by atoms with Crippen LogP contribution in [0.2, 0.25) is 10.3 Å². The van der Waals surface area contributed by atoms with Gasteiger partial charge in [-0.05, 0) is 24.1 Å². The Morgan fingerprint density at radius 3 is 2.47 bits per heavy atom. The van der Waals surface area contributed by atoms with Gasteiger partial charge in [0.25, 0.3) is 0 Å². The number of aliphatic carboxylic acids is 1. The van der Waals surface area contributed by atoms with Crippen LogP contribution >= 0.6 is 23.2 Å². The van der Waals surface area contributed by atoms with E-state index in [1.165, 1.54) is 0 Å². The molecule has 0 spiro atoms. The minimum absolute atomic E-state index is 0.0126. The van der Waals surface area contributed by atoms with E-state index in [4.69, 9.17) is 34.0 Å². The van der Waals surface area contributed by atoms with Gasteiger partial charge in [-0.2, -0.15) is 0 Å². The Balaban J connectivity index is 2.72. The van der Waals surface area contributed by atoms with Crippen molar-refractivity contribution < 1.29 is 9.90 Å². The Kier molecular flexibility index (Phi) is 4.32. The van der Waals surface area contributed by atoms with Gasteiger partial charge < -0.3 is 10.8 Å². The zero-order chi connectivity index (χ0) is 11.4. The zero-order valence-electron chi connectivity index (χ0n) is 7.78. The monoisotopic (exact) mass is 248 g/mol. The van der Waals surface area contributed by atoms with Gasteiger partial charge in [0.05, 0.1) is 0 Å². The normalized spacial score (nSPS) is 12.5. The average Bonchev–Trinajstić information content (AvgIpc) is 2.12. The molecule has 1 rings (SSSR count). The van der Waals surface area contributed by atoms with Crippen molar-refractivity contribution >= 4 is 29.2 Å². The molecule has 0 bridgehead atoms. The van der Waals surface area contributed by atoms with Crippen LogP contribution in [-0.2, 0) is 4.79 Å². The van der Waals surface area contributed by atoms with Crippen molar-refractivity contribution in [2.75, 3.05) is 0 Å². The Hall–Kier alpha value is -0.840. The SMILES string of the molecule is NC(CCC(=O)O)c1cc(Cl)nc(Cl)c1. The molecule has 0 amide bonds. The molecule has 0 fully saturated rings. The van der Waals surface area contributed by atoms with E-state index in [2.05, 4.69) is 4.98 Å². The van der Waals surface area contributed by atoms with E-state index < -0.39 is 5.97 Å². The molecule has 1 unspecified atom stereocenters. The van der Waals surface area contributed by atoms with Crippen LogP contribution in [0.1, 0.15) is 24.4 Å². The molecule has 15 heavy (non-hydrogen) atoms. The van der Waals surface area contributed by atoms with Crippen molar-refractivity contribution in [2.45, 2.75) is 18.9 Å². The summed E-state index contributed by atoms with van der Waals surface area (Å²) in [5.41, 5.74) is 6.47. The smallest absolute Gasteiger partial charge is 0.303 e. The van der Waals surface area contributed by atoms with Crippen molar-refractivity contribution in [3.63, 3.8) is 0 Å². The number of nitrogens with zero attached hydrogens (tertiary/aromatic N) is 1. The molecule has 3 N–H and O–H groups in total. The molecule has 0 aliphatic rings. The van der Waals surface area contributed by atoms with Crippen LogP contribution in [0.25, 0.3) is 0 Å². The standard InChI is InChI=1S/C9H10Cl2N2O2/c10-7-3-5(4-8(11)13-7)6(12)1-2-9(14)15/h3-4,6H,1-2,12H2,(H,14,15). The van der Waals surface area contributed by atoms with Gasteiger partial charge in [0.2, 0.25) is 0 Å². The first-order valence-corrected chi connectivity index (χ1v) is 5.05. The molecule has 0 aliphatic carbocycles. The van der Waals surface area contributed by atoms with Gasteiger partial charge in [0.15, 0.2) is 0 Å². The Morgan fingerprint density at radius 2 is 2.00 bits per heavy atom. The lowest BCUT2D eigenvalue weighted by atomic mass is 10.0. The number of carboxylic acid groups (broad SMARTS) is 1. The fourth-order valence-electron chi connectivity index (χ4n) is 1.14. The first-order chi connectivity index (χ1) is 6.99. The second-order valence-electron chi connectivity index (χ2n) is 3.08. The van der Waals surface area contributed by atoms with Gasteiger partial charge in [0.1, 0.15) is 10.3 Å². The van der Waals surface area contributed by atoms with Crippen LogP contribution in [0.15, 0.2) is 12.1 Å². The lowest BCUT2D eigenvalue weighted by Crippen LogP contribution is -2.12. The highest BCUT2D eigenvalue weighted by Crippen LogP contribution is 2.21. The van der Waals surface area contributed by atoms with Crippen LogP contribution < -0.4 is 5.73 Å². The summed E-state index contributed by atoms with van der Waals surface area (Å²) < 4.78 is 0. The summed E-state index contributed by atoms with van der Waals surface area (Å²) in [5, 5.41) is 9.00. The quantitative estimate of drug-likeness (QED) is 0.802. The second-order valence-corrected chi connectivity index (χ2v) is 3.86. The summed E-state index contributed by atoms with van der Waals surface area (Å²) in [6.45, 7) is 0. The van der Waals surface area contributed by atoms with E-state index in [1.54, 1.807) is 12.1 Å². The molecule has 1 aromatic rings. The van der Waals surface area contributed by atoms with Crippen LogP contribution in [0.3, 0.4) is 0 Å². The summed E-state index contributed by atoms with van der Waals surface area (Å²) in [7, 11) is 0. The molecule has 0 aliphatic heterocycles. The van der Waals surface area contributed by atoms with E-state index in [0.717, 1.165) is 0 Å². The van der Waals surface area contributed by atoms with Crippen molar-refractivity contribution in [1.29, 1.82) is 0 Å². The molecule has 1 aromatic heterocycles. The predicted molar refractivity (Wildman–Crippen MR) is 58.1 cm³/mol. The number of carbonyl (C=O) groups is 1. The van der Waals surface area contributed by atoms with E-state index in [9.17, 15) is 4.79 Å². The van der Waals surface area contributed by atoms with Crippen molar-refractivity contribution in [1.82, 2.24) is 4.98 Å². The second kappa shape index (κ2) is 5.30. The topological polar surface area (TPSA) is 76.2 Å². The maximum absolute atomic E-state index is 10.3. The highest BCUT2D eigenvalue weighted by Gasteiger charge is 2.10. The van der Waals surface area contributed by atoms with Crippen molar-refractivity contribution in [2.24, 2.45) is 5.73 Å². The van der Waals surface area contributed by atoms with Crippen LogP contribution in [-0.4, -0.2) is 16.1 Å². The highest BCUT2D eigenvalue weighted by molar-refractivity contribution is 6.32. The predicted octanol–water partition coefficient (Wildman–Crippen LogP) is 2.25. The summed E-state index contributed by atoms with van der Waals surface area (Å²) in [6.07, 6.45) is 0.352. The first-order valence-electron chi connectivity index (χ1n) is 4.29. The number of rotatable bonds is 4. The van der Waals surface area contributed by atoms with Gasteiger partial charge in [-0.1, -0.05) is 23.2 Å². The van der Waals surface area contributed by atoms with E-state index in [0.29, 0.717) is 12.0 Å². The van der Waals surface area contributed by atoms with E-state index in [-0.39, 0.29) is 22.8 Å². The fraction of sp³-hybridized carbons (Fsp3) is 0.333. The summed E-state index contributed by atoms with van der Waals surface area (Å²) in [4.78, 5) is 14.1. The molecule has 1 atom stereocenters. The number of halogens is 2. The lowest BCUT2D eigenvalue weighted by molar-refractivity contribution is -0.137. The molecule has 6 heteroatoms. The number of carboxylic acids is 1. The third kappa shape index (κ3) is 4.03. The molecule has 0 aromatic carbocycles. The van der Waals surface area contributed by atoms with Crippen molar-refractivity contribution in [3.8, 4) is 0 Å². The lowest BCUT2D eigenvalue weighted by Gasteiger charge is -2.10. The van der Waals surface area contributed by atoms with Gasteiger partial charge in [0, 0.05) is 12.5 Å². The summed E-state index contributed by atoms with van der Waals surface area (Å²) in [6, 6.07) is 2.78. The van der Waals surface area contributed by atoms with Gasteiger partial charge >= 0.3 is 5.97 Å². The van der Waals surface area contributed by atoms with Gasteiger partial charge in [-0.3, -0.25) is 4.79 Å². The number of pyridine rings is 1. The Morgan fingerprint density at radius 1 is 1.47 bits per heavy atom.